The van der Waals surface area contributed by atoms with E-state index in [1.54, 1.807) is 18.2 Å². The lowest BCUT2D eigenvalue weighted by atomic mass is 9.94. The van der Waals surface area contributed by atoms with Crippen LogP contribution in [0.15, 0.2) is 91.0 Å². The number of hydrogen-bond acceptors (Lipinski definition) is 11. The molecular formula is C63H84O20. The van der Waals surface area contributed by atoms with Crippen molar-refractivity contribution in [2.75, 3.05) is 7.11 Å². The number of hydrogen-bond donors (Lipinski definition) is 10. The van der Waals surface area contributed by atoms with Crippen LogP contribution in [0.1, 0.15) is 161 Å². The molecule has 4 aromatic rings. The monoisotopic (exact) mass is 1160 g/mol. The van der Waals surface area contributed by atoms with Crippen LogP contribution < -0.4 is 4.74 Å². The summed E-state index contributed by atoms with van der Waals surface area (Å²) in [5, 5.41) is 87.8. The van der Waals surface area contributed by atoms with Crippen molar-refractivity contribution < 1.29 is 99.0 Å². The molecule has 0 radical (unpaired) electrons. The Bertz CT molecular complexity index is 2510. The predicted molar refractivity (Wildman–Crippen MR) is 308 cm³/mol. The van der Waals surface area contributed by atoms with Crippen molar-refractivity contribution in [3.63, 3.8) is 0 Å². The number of phenols is 1. The van der Waals surface area contributed by atoms with E-state index in [2.05, 4.69) is 24.3 Å². The standard InChI is InChI=1S/C21H28O8.C16H22O4.C14H18O4.C12H16O4/c22-18(23)12-11-16(20(26)27)5-1-3-14-7-9-15(10-8-14)4-2-6-17(21(28)29)13-19(24)25;17-15(18)7-3-1-5-13-9-11-14(12-10-13)6-2-4-8-16(19)20;15-13(16)5-1-3-11-7-9-12(10-8-11)4-2-6-14(17)18;1-8(6-12(14)15)5-9-3-4-10(13)11(7-9)16-2/h7-10,16-17H,1-6,11-13H2,(H,22,23)(H,24,25)(H,26,27)(H,28,29);9-12H,1-8H2,(H,17,18)(H,19,20);7-10H,1-6H2,(H,15,16)(H,17,18);3-4,7-8,13H,5-6H2,1-2H3,(H,14,15). The molecule has 4 aromatic carbocycles. The summed E-state index contributed by atoms with van der Waals surface area (Å²) in [6, 6.07) is 29.0. The van der Waals surface area contributed by atoms with Gasteiger partial charge < -0.3 is 55.8 Å². The van der Waals surface area contributed by atoms with Gasteiger partial charge in [0.25, 0.3) is 0 Å². The first-order chi connectivity index (χ1) is 39.4. The Morgan fingerprint density at radius 3 is 1.00 bits per heavy atom. The molecule has 20 nitrogen and oxygen atoms in total. The maximum absolute atomic E-state index is 11.2. The van der Waals surface area contributed by atoms with Gasteiger partial charge in [-0.3, -0.25) is 43.2 Å². The molecule has 0 aliphatic carbocycles. The Morgan fingerprint density at radius 2 is 0.675 bits per heavy atom. The highest BCUT2D eigenvalue weighted by Gasteiger charge is 2.21. The number of unbranched alkanes of at least 4 members (excludes halogenated alkanes) is 2. The second-order valence-electron chi connectivity index (χ2n) is 20.4. The fraction of sp³-hybridized carbons (Fsp3) is 0.476. The van der Waals surface area contributed by atoms with Crippen molar-refractivity contribution in [2.24, 2.45) is 17.8 Å². The number of carboxylic acids is 9. The van der Waals surface area contributed by atoms with Crippen LogP contribution in [0.3, 0.4) is 0 Å². The molecule has 10 N–H and O–H groups in total. The number of aliphatic carboxylic acids is 9. The number of rotatable bonds is 38. The molecule has 0 spiro atoms. The van der Waals surface area contributed by atoms with E-state index in [-0.39, 0.29) is 63.0 Å². The fourth-order valence-electron chi connectivity index (χ4n) is 8.66. The third-order valence-corrected chi connectivity index (χ3v) is 13.2. The molecule has 0 aliphatic rings. The Hall–Kier alpha value is -8.29. The second-order valence-corrected chi connectivity index (χ2v) is 20.4. The van der Waals surface area contributed by atoms with E-state index in [0.29, 0.717) is 76.4 Å². The lowest BCUT2D eigenvalue weighted by Crippen LogP contribution is -2.17. The minimum Gasteiger partial charge on any atom is -0.504 e. The Kier molecular flexibility index (Phi) is 37.3. The zero-order chi connectivity index (χ0) is 62.1. The van der Waals surface area contributed by atoms with Gasteiger partial charge in [-0.05, 0) is 173 Å². The van der Waals surface area contributed by atoms with Crippen molar-refractivity contribution in [3.05, 3.63) is 130 Å². The van der Waals surface area contributed by atoms with Gasteiger partial charge in [-0.25, -0.2) is 0 Å². The number of phenolic OH excluding ortho intramolecular Hbond substituents is 1. The normalized spacial score (nSPS) is 11.5. The minimum absolute atomic E-state index is 0.0618. The smallest absolute Gasteiger partial charge is 0.307 e. The van der Waals surface area contributed by atoms with Crippen molar-refractivity contribution in [3.8, 4) is 11.5 Å². The Balaban J connectivity index is 0.000000569. The van der Waals surface area contributed by atoms with Crippen LogP contribution in [0.5, 0.6) is 11.5 Å². The number of carbonyl (C=O) groups is 9. The zero-order valence-corrected chi connectivity index (χ0v) is 47.6. The molecule has 4 rings (SSSR count). The SMILES string of the molecule is COc1cc(CC(C)CC(=O)O)ccc1O.O=C(O)CCC(CCCc1ccc(CCCC(CC(=O)O)C(=O)O)cc1)C(=O)O.O=C(O)CCCCc1ccc(CCCCC(=O)O)cc1.O=C(O)CCCc1ccc(CCCC(=O)O)cc1. The molecule has 456 valence electrons. The molecule has 83 heavy (non-hydrogen) atoms. The summed E-state index contributed by atoms with van der Waals surface area (Å²) < 4.78 is 4.98. The summed E-state index contributed by atoms with van der Waals surface area (Å²) in [6.07, 6.45) is 12.4. The average molecular weight is 1160 g/mol. The van der Waals surface area contributed by atoms with Crippen LogP contribution in [0.4, 0.5) is 0 Å². The Morgan fingerprint density at radius 1 is 0.361 bits per heavy atom. The number of methoxy groups -OCH3 is 1. The molecule has 0 aliphatic heterocycles. The molecule has 0 heterocycles. The fourth-order valence-corrected chi connectivity index (χ4v) is 8.66. The largest absolute Gasteiger partial charge is 0.504 e. The third-order valence-electron chi connectivity index (χ3n) is 13.2. The van der Waals surface area contributed by atoms with E-state index in [0.717, 1.165) is 66.3 Å². The topological polar surface area (TPSA) is 365 Å². The van der Waals surface area contributed by atoms with Crippen LogP contribution in [-0.4, -0.2) is 112 Å². The van der Waals surface area contributed by atoms with Gasteiger partial charge in [0.05, 0.1) is 25.4 Å². The van der Waals surface area contributed by atoms with Gasteiger partial charge in [0, 0.05) is 38.5 Å². The zero-order valence-electron chi connectivity index (χ0n) is 47.6. The summed E-state index contributed by atoms with van der Waals surface area (Å²) in [5.41, 5.74) is 7.73. The first-order valence-electron chi connectivity index (χ1n) is 27.9. The quantitative estimate of drug-likeness (QED) is 0.0186. The highest BCUT2D eigenvalue weighted by atomic mass is 16.5. The predicted octanol–water partition coefficient (Wildman–Crippen LogP) is 10.9. The van der Waals surface area contributed by atoms with Gasteiger partial charge in [0.15, 0.2) is 11.5 Å². The molecule has 3 atom stereocenters. The first kappa shape index (κ1) is 72.7. The summed E-state index contributed by atoms with van der Waals surface area (Å²) in [7, 11) is 1.49. The molecule has 0 fully saturated rings. The van der Waals surface area contributed by atoms with E-state index < -0.39 is 65.6 Å². The van der Waals surface area contributed by atoms with Gasteiger partial charge >= 0.3 is 53.7 Å². The lowest BCUT2D eigenvalue weighted by Gasteiger charge is -2.11. The lowest BCUT2D eigenvalue weighted by molar-refractivity contribution is -0.148. The third kappa shape index (κ3) is 38.1. The summed E-state index contributed by atoms with van der Waals surface area (Å²) >= 11 is 0. The van der Waals surface area contributed by atoms with Crippen LogP contribution in [0.25, 0.3) is 0 Å². The molecule has 0 aromatic heterocycles. The molecular weight excluding hydrogens is 1080 g/mol. The first-order valence-corrected chi connectivity index (χ1v) is 27.9. The number of benzene rings is 4. The summed E-state index contributed by atoms with van der Waals surface area (Å²) in [4.78, 5) is 95.6. The van der Waals surface area contributed by atoms with Gasteiger partial charge in [0.1, 0.15) is 0 Å². The van der Waals surface area contributed by atoms with Crippen molar-refractivity contribution in [2.45, 2.75) is 167 Å². The van der Waals surface area contributed by atoms with Crippen LogP contribution in [-0.2, 0) is 88.1 Å². The van der Waals surface area contributed by atoms with E-state index in [1.807, 2.05) is 55.5 Å². The van der Waals surface area contributed by atoms with Crippen molar-refractivity contribution in [1.82, 2.24) is 0 Å². The van der Waals surface area contributed by atoms with Crippen molar-refractivity contribution in [1.29, 1.82) is 0 Å². The van der Waals surface area contributed by atoms with Crippen LogP contribution >= 0.6 is 0 Å². The maximum atomic E-state index is 11.2. The van der Waals surface area contributed by atoms with Gasteiger partial charge in [0.2, 0.25) is 0 Å². The number of aromatic hydroxyl groups is 1. The molecule has 0 saturated heterocycles. The Labute approximate surface area is 484 Å². The number of carboxylic acid groups (broad SMARTS) is 9. The van der Waals surface area contributed by atoms with E-state index in [1.165, 1.54) is 18.2 Å². The minimum atomic E-state index is -1.12. The highest BCUT2D eigenvalue weighted by Crippen LogP contribution is 2.28. The molecule has 20 heteroatoms. The van der Waals surface area contributed by atoms with E-state index in [4.69, 9.17) is 50.7 Å². The van der Waals surface area contributed by atoms with E-state index >= 15 is 0 Å². The highest BCUT2D eigenvalue weighted by molar-refractivity contribution is 5.77. The second kappa shape index (κ2) is 42.5. The van der Waals surface area contributed by atoms with Gasteiger partial charge in [-0.1, -0.05) is 85.8 Å². The summed E-state index contributed by atoms with van der Waals surface area (Å²) in [5.74, 6) is -8.92. The van der Waals surface area contributed by atoms with E-state index in [9.17, 15) is 48.3 Å². The van der Waals surface area contributed by atoms with Gasteiger partial charge in [-0.15, -0.1) is 0 Å². The average Bonchev–Trinajstić information content (AvgIpc) is 3.43. The number of ether oxygens (including phenoxy) is 1. The summed E-state index contributed by atoms with van der Waals surface area (Å²) in [6.45, 7) is 1.88. The molecule has 0 saturated carbocycles. The number of aryl methyl sites for hydroxylation is 6. The van der Waals surface area contributed by atoms with Crippen LogP contribution in [0.2, 0.25) is 0 Å². The van der Waals surface area contributed by atoms with Gasteiger partial charge in [-0.2, -0.15) is 0 Å². The van der Waals surface area contributed by atoms with Crippen LogP contribution in [0, 0.1) is 17.8 Å². The maximum Gasteiger partial charge on any atom is 0.307 e. The molecule has 0 bridgehead atoms. The molecule has 3 unspecified atom stereocenters. The van der Waals surface area contributed by atoms with Crippen molar-refractivity contribution >= 4 is 53.7 Å². The molecule has 0 amide bonds.